The fourth-order valence-corrected chi connectivity index (χ4v) is 3.26. The van der Waals surface area contributed by atoms with E-state index >= 15 is 0 Å². The van der Waals surface area contributed by atoms with Crippen molar-refractivity contribution in [3.63, 3.8) is 0 Å². The number of hydrogen-bond donors (Lipinski definition) is 2. The van der Waals surface area contributed by atoms with Crippen LogP contribution in [0.2, 0.25) is 5.02 Å². The second-order valence-electron chi connectivity index (χ2n) is 4.40. The summed E-state index contributed by atoms with van der Waals surface area (Å²) >= 11 is 8.34. The van der Waals surface area contributed by atoms with E-state index in [0.717, 1.165) is 12.0 Å². The van der Waals surface area contributed by atoms with Crippen LogP contribution < -0.4 is 10.6 Å². The summed E-state index contributed by atoms with van der Waals surface area (Å²) in [5.41, 5.74) is 0.204. The monoisotopic (exact) mass is 384 g/mol. The molecule has 126 valence electrons. The van der Waals surface area contributed by atoms with Gasteiger partial charge < -0.3 is 10.1 Å². The molecule has 2 rings (SSSR count). The molecule has 9 heteroatoms. The minimum absolute atomic E-state index is 0.178. The summed E-state index contributed by atoms with van der Waals surface area (Å²) in [6.07, 6.45) is -0.859. The minimum atomic E-state index is -0.859. The van der Waals surface area contributed by atoms with E-state index in [1.807, 2.05) is 17.4 Å². The summed E-state index contributed by atoms with van der Waals surface area (Å²) in [6, 6.07) is 8.65. The molecule has 0 fully saturated rings. The van der Waals surface area contributed by atoms with Crippen molar-refractivity contribution in [2.75, 3.05) is 18.2 Å². The van der Waals surface area contributed by atoms with Gasteiger partial charge in [0.2, 0.25) is 5.91 Å². The molecule has 1 aromatic heterocycles. The number of carbonyl (C=O) groups is 3. The molecule has 0 saturated carbocycles. The Morgan fingerprint density at radius 2 is 1.92 bits per heavy atom. The first-order valence-corrected chi connectivity index (χ1v) is 8.89. The van der Waals surface area contributed by atoms with Gasteiger partial charge in [-0.3, -0.25) is 14.9 Å². The lowest BCUT2D eigenvalue weighted by Gasteiger charge is -2.06. The molecule has 6 nitrogen and oxygen atoms in total. The molecule has 2 aromatic rings. The number of imide groups is 1. The zero-order chi connectivity index (χ0) is 17.5. The number of anilines is 1. The molecule has 0 atom stereocenters. The molecule has 3 amide bonds. The van der Waals surface area contributed by atoms with Crippen LogP contribution in [0.25, 0.3) is 0 Å². The van der Waals surface area contributed by atoms with Gasteiger partial charge in [-0.25, -0.2) is 4.79 Å². The summed E-state index contributed by atoms with van der Waals surface area (Å²) in [6.45, 7) is 0. The van der Waals surface area contributed by atoms with Crippen LogP contribution in [0.3, 0.4) is 0 Å². The van der Waals surface area contributed by atoms with Gasteiger partial charge >= 0.3 is 6.09 Å². The highest BCUT2D eigenvalue weighted by Gasteiger charge is 2.17. The largest absolute Gasteiger partial charge is 0.453 e. The lowest BCUT2D eigenvalue weighted by atomic mass is 10.3. The number of halogens is 1. The Bertz CT molecular complexity index is 746. The summed E-state index contributed by atoms with van der Waals surface area (Å²) < 4.78 is 4.37. The number of ether oxygens (including phenoxy) is 1. The molecular weight excluding hydrogens is 372 g/mol. The number of thioether (sulfide) groups is 1. The lowest BCUT2D eigenvalue weighted by Crippen LogP contribution is -2.30. The summed E-state index contributed by atoms with van der Waals surface area (Å²) in [4.78, 5) is 35.9. The van der Waals surface area contributed by atoms with Gasteiger partial charge in [0.25, 0.3) is 5.91 Å². The number of methoxy groups -OCH3 is 1. The van der Waals surface area contributed by atoms with Gasteiger partial charge in [0.15, 0.2) is 0 Å². The molecule has 24 heavy (non-hydrogen) atoms. The smallest absolute Gasteiger partial charge is 0.413 e. The van der Waals surface area contributed by atoms with E-state index in [1.54, 1.807) is 17.5 Å². The molecule has 2 N–H and O–H groups in total. The van der Waals surface area contributed by atoms with Crippen LogP contribution in [0.15, 0.2) is 40.6 Å². The SMILES string of the molecule is COC(=O)NC(=O)c1ccsc1NC(=O)CSc1ccc(Cl)cc1. The van der Waals surface area contributed by atoms with Gasteiger partial charge in [-0.2, -0.15) is 0 Å². The van der Waals surface area contributed by atoms with Crippen LogP contribution in [0, 0.1) is 0 Å². The first kappa shape index (κ1) is 18.3. The zero-order valence-corrected chi connectivity index (χ0v) is 14.9. The Kier molecular flexibility index (Phi) is 6.65. The van der Waals surface area contributed by atoms with Crippen molar-refractivity contribution < 1.29 is 19.1 Å². The topological polar surface area (TPSA) is 84.5 Å². The third kappa shape index (κ3) is 5.26. The van der Waals surface area contributed by atoms with Gasteiger partial charge in [-0.1, -0.05) is 11.6 Å². The quantitative estimate of drug-likeness (QED) is 0.769. The van der Waals surface area contributed by atoms with Crippen molar-refractivity contribution in [1.29, 1.82) is 0 Å². The van der Waals surface area contributed by atoms with Gasteiger partial charge in [0, 0.05) is 9.92 Å². The molecule has 0 aliphatic heterocycles. The number of thiophene rings is 1. The highest BCUT2D eigenvalue weighted by Crippen LogP contribution is 2.25. The Hall–Kier alpha value is -2.03. The predicted molar refractivity (Wildman–Crippen MR) is 95.0 cm³/mol. The summed E-state index contributed by atoms with van der Waals surface area (Å²) in [7, 11) is 1.16. The maximum Gasteiger partial charge on any atom is 0.413 e. The van der Waals surface area contributed by atoms with E-state index in [2.05, 4.69) is 10.1 Å². The van der Waals surface area contributed by atoms with Crippen molar-refractivity contribution in [2.45, 2.75) is 4.90 Å². The Balaban J connectivity index is 1.92. The van der Waals surface area contributed by atoms with Crippen LogP contribution in [0.1, 0.15) is 10.4 Å². The van der Waals surface area contributed by atoms with Crippen LogP contribution in [-0.4, -0.2) is 30.8 Å². The number of carbonyl (C=O) groups excluding carboxylic acids is 3. The average Bonchev–Trinajstić information content (AvgIpc) is 3.02. The van der Waals surface area contributed by atoms with E-state index in [-0.39, 0.29) is 17.2 Å². The molecule has 0 aliphatic carbocycles. The third-order valence-corrected chi connectivity index (χ3v) is 4.84. The van der Waals surface area contributed by atoms with Crippen LogP contribution >= 0.6 is 34.7 Å². The normalized spacial score (nSPS) is 10.1. The number of nitrogens with one attached hydrogen (secondary N) is 2. The molecule has 0 bridgehead atoms. The molecule has 0 radical (unpaired) electrons. The first-order chi connectivity index (χ1) is 11.5. The average molecular weight is 385 g/mol. The van der Waals surface area contributed by atoms with E-state index in [9.17, 15) is 14.4 Å². The number of rotatable bonds is 5. The van der Waals surface area contributed by atoms with Crippen molar-refractivity contribution >= 4 is 57.6 Å². The number of benzene rings is 1. The highest BCUT2D eigenvalue weighted by atomic mass is 35.5. The second-order valence-corrected chi connectivity index (χ2v) is 6.80. The molecule has 0 saturated heterocycles. The number of hydrogen-bond acceptors (Lipinski definition) is 6. The second kappa shape index (κ2) is 8.72. The van der Waals surface area contributed by atoms with E-state index in [4.69, 9.17) is 11.6 Å². The maximum absolute atomic E-state index is 12.0. The van der Waals surface area contributed by atoms with Crippen molar-refractivity contribution in [3.05, 3.63) is 46.3 Å². The van der Waals surface area contributed by atoms with Crippen molar-refractivity contribution in [1.82, 2.24) is 5.32 Å². The van der Waals surface area contributed by atoms with Crippen molar-refractivity contribution in [2.24, 2.45) is 0 Å². The lowest BCUT2D eigenvalue weighted by molar-refractivity contribution is -0.113. The minimum Gasteiger partial charge on any atom is -0.453 e. The fraction of sp³-hybridized carbons (Fsp3) is 0.133. The van der Waals surface area contributed by atoms with Crippen molar-refractivity contribution in [3.8, 4) is 0 Å². The molecular formula is C15H13ClN2O4S2. The Morgan fingerprint density at radius 1 is 1.21 bits per heavy atom. The number of alkyl carbamates (subject to hydrolysis) is 1. The van der Waals surface area contributed by atoms with Gasteiger partial charge in [0.05, 0.1) is 18.4 Å². The van der Waals surface area contributed by atoms with Gasteiger partial charge in [-0.15, -0.1) is 23.1 Å². The molecule has 0 spiro atoms. The highest BCUT2D eigenvalue weighted by molar-refractivity contribution is 8.00. The summed E-state index contributed by atoms with van der Waals surface area (Å²) in [5.74, 6) is -0.717. The first-order valence-electron chi connectivity index (χ1n) is 6.64. The zero-order valence-electron chi connectivity index (χ0n) is 12.5. The van der Waals surface area contributed by atoms with Crippen LogP contribution in [-0.2, 0) is 9.53 Å². The van der Waals surface area contributed by atoms with Crippen LogP contribution in [0.5, 0.6) is 0 Å². The van der Waals surface area contributed by atoms with E-state index in [1.165, 1.54) is 29.2 Å². The van der Waals surface area contributed by atoms with E-state index in [0.29, 0.717) is 10.0 Å². The molecule has 1 aromatic carbocycles. The third-order valence-electron chi connectivity index (χ3n) is 2.75. The standard InChI is InChI=1S/C15H13ClN2O4S2/c1-22-15(21)18-13(20)11-6-7-23-14(11)17-12(19)8-24-10-4-2-9(16)3-5-10/h2-7H,8H2,1H3,(H,17,19)(H,18,20,21). The Labute approximate surface area is 151 Å². The molecule has 0 unspecified atom stereocenters. The predicted octanol–water partition coefficient (Wildman–Crippen LogP) is 3.63. The fourth-order valence-electron chi connectivity index (χ4n) is 1.64. The van der Waals surface area contributed by atoms with Gasteiger partial charge in [-0.05, 0) is 35.7 Å². The summed E-state index contributed by atoms with van der Waals surface area (Å²) in [5, 5.41) is 7.36. The van der Waals surface area contributed by atoms with E-state index < -0.39 is 12.0 Å². The van der Waals surface area contributed by atoms with Gasteiger partial charge in [0.1, 0.15) is 5.00 Å². The molecule has 0 aliphatic rings. The van der Waals surface area contributed by atoms with Crippen LogP contribution in [0.4, 0.5) is 9.80 Å². The molecule has 1 heterocycles. The maximum atomic E-state index is 12.0. The Morgan fingerprint density at radius 3 is 2.58 bits per heavy atom. The number of amides is 3.